The maximum atomic E-state index is 12.3. The molecule has 1 aromatic carbocycles. The van der Waals surface area contributed by atoms with Gasteiger partial charge in [0.15, 0.2) is 0 Å². The van der Waals surface area contributed by atoms with Gasteiger partial charge in [0.1, 0.15) is 11.6 Å². The van der Waals surface area contributed by atoms with E-state index in [9.17, 15) is 4.79 Å². The van der Waals surface area contributed by atoms with Crippen LogP contribution in [0.4, 0.5) is 10.6 Å². The van der Waals surface area contributed by atoms with Crippen LogP contribution in [0.3, 0.4) is 0 Å². The van der Waals surface area contributed by atoms with Gasteiger partial charge in [-0.1, -0.05) is 12.1 Å². The molecule has 6 heteroatoms. The minimum absolute atomic E-state index is 0.0234. The smallest absolute Gasteiger partial charge is 0.320 e. The SMILES string of the molecule is COc1ccc([C@@H](NC(=O)Nc2cc(C)nn2C)C2CC2)cc1. The van der Waals surface area contributed by atoms with Crippen LogP contribution < -0.4 is 15.4 Å². The van der Waals surface area contributed by atoms with E-state index in [-0.39, 0.29) is 12.1 Å². The Morgan fingerprint density at radius 3 is 2.57 bits per heavy atom. The average Bonchev–Trinajstić information content (AvgIpc) is 3.32. The second kappa shape index (κ2) is 6.32. The average molecular weight is 314 g/mol. The molecular formula is C17H22N4O2. The van der Waals surface area contributed by atoms with Gasteiger partial charge in [-0.05, 0) is 43.4 Å². The number of amides is 2. The molecule has 2 aromatic rings. The van der Waals surface area contributed by atoms with Crippen molar-refractivity contribution >= 4 is 11.8 Å². The van der Waals surface area contributed by atoms with Crippen molar-refractivity contribution in [1.29, 1.82) is 0 Å². The molecule has 122 valence electrons. The summed E-state index contributed by atoms with van der Waals surface area (Å²) in [5, 5.41) is 10.2. The summed E-state index contributed by atoms with van der Waals surface area (Å²) in [4.78, 5) is 12.3. The molecule has 0 radical (unpaired) electrons. The van der Waals surface area contributed by atoms with Crippen molar-refractivity contribution in [2.24, 2.45) is 13.0 Å². The summed E-state index contributed by atoms with van der Waals surface area (Å²) in [7, 11) is 3.46. The maximum absolute atomic E-state index is 12.3. The molecule has 1 saturated carbocycles. The van der Waals surface area contributed by atoms with Crippen molar-refractivity contribution in [2.45, 2.75) is 25.8 Å². The molecule has 2 N–H and O–H groups in total. The van der Waals surface area contributed by atoms with Gasteiger partial charge in [-0.15, -0.1) is 0 Å². The number of methoxy groups -OCH3 is 1. The van der Waals surface area contributed by atoms with Crippen molar-refractivity contribution in [3.05, 3.63) is 41.6 Å². The Bertz CT molecular complexity index is 689. The molecule has 0 saturated heterocycles. The lowest BCUT2D eigenvalue weighted by Crippen LogP contribution is -2.34. The number of rotatable bonds is 5. The highest BCUT2D eigenvalue weighted by molar-refractivity contribution is 5.88. The third kappa shape index (κ3) is 3.64. The number of hydrogen-bond acceptors (Lipinski definition) is 3. The molecule has 0 aliphatic heterocycles. The van der Waals surface area contributed by atoms with Gasteiger partial charge >= 0.3 is 6.03 Å². The monoisotopic (exact) mass is 314 g/mol. The summed E-state index contributed by atoms with van der Waals surface area (Å²) in [5.41, 5.74) is 1.97. The molecule has 2 amide bonds. The number of aryl methyl sites for hydroxylation is 2. The third-order valence-corrected chi connectivity index (χ3v) is 4.10. The molecule has 1 fully saturated rings. The van der Waals surface area contributed by atoms with Crippen LogP contribution in [0, 0.1) is 12.8 Å². The molecule has 3 rings (SSSR count). The van der Waals surface area contributed by atoms with Gasteiger partial charge in [0.2, 0.25) is 0 Å². The zero-order valence-electron chi connectivity index (χ0n) is 13.7. The predicted molar refractivity (Wildman–Crippen MR) is 88.6 cm³/mol. The van der Waals surface area contributed by atoms with Gasteiger partial charge in [0, 0.05) is 13.1 Å². The van der Waals surface area contributed by atoms with Gasteiger partial charge in [0.25, 0.3) is 0 Å². The first-order valence-electron chi connectivity index (χ1n) is 7.79. The number of nitrogens with one attached hydrogen (secondary N) is 2. The molecule has 0 bridgehead atoms. The van der Waals surface area contributed by atoms with Gasteiger partial charge in [-0.3, -0.25) is 10.00 Å². The Morgan fingerprint density at radius 1 is 1.35 bits per heavy atom. The van der Waals surface area contributed by atoms with E-state index in [4.69, 9.17) is 4.74 Å². The summed E-state index contributed by atoms with van der Waals surface area (Å²) in [5.74, 6) is 2.00. The Labute approximate surface area is 135 Å². The highest BCUT2D eigenvalue weighted by Crippen LogP contribution is 2.41. The molecule has 1 aromatic heterocycles. The van der Waals surface area contributed by atoms with E-state index in [1.807, 2.05) is 44.3 Å². The van der Waals surface area contributed by atoms with Crippen molar-refractivity contribution in [3.63, 3.8) is 0 Å². The lowest BCUT2D eigenvalue weighted by molar-refractivity contribution is 0.247. The standard InChI is InChI=1S/C17H22N4O2/c1-11-10-15(21(2)20-11)18-17(22)19-16(12-4-5-12)13-6-8-14(23-3)9-7-13/h6-10,12,16H,4-5H2,1-3H3,(H2,18,19,22)/t16-/m0/s1. The molecule has 1 atom stereocenters. The Morgan fingerprint density at radius 2 is 2.04 bits per heavy atom. The van der Waals surface area contributed by atoms with E-state index >= 15 is 0 Å². The summed E-state index contributed by atoms with van der Waals surface area (Å²) in [6.45, 7) is 1.90. The van der Waals surface area contributed by atoms with Crippen LogP contribution in [0.25, 0.3) is 0 Å². The fourth-order valence-corrected chi connectivity index (χ4v) is 2.74. The first-order chi connectivity index (χ1) is 11.1. The lowest BCUT2D eigenvalue weighted by atomic mass is 10.0. The van der Waals surface area contributed by atoms with Gasteiger partial charge in [0.05, 0.1) is 18.8 Å². The van der Waals surface area contributed by atoms with E-state index in [1.54, 1.807) is 11.8 Å². The second-order valence-electron chi connectivity index (χ2n) is 5.98. The van der Waals surface area contributed by atoms with E-state index in [1.165, 1.54) is 0 Å². The highest BCUT2D eigenvalue weighted by Gasteiger charge is 2.33. The fraction of sp³-hybridized carbons (Fsp3) is 0.412. The summed E-state index contributed by atoms with van der Waals surface area (Å²) in [6.07, 6.45) is 2.28. The number of ether oxygens (including phenoxy) is 1. The minimum atomic E-state index is -0.208. The number of carbonyl (C=O) groups excluding carboxylic acids is 1. The van der Waals surface area contributed by atoms with Crippen LogP contribution >= 0.6 is 0 Å². The number of anilines is 1. The Kier molecular flexibility index (Phi) is 4.23. The highest BCUT2D eigenvalue weighted by atomic mass is 16.5. The van der Waals surface area contributed by atoms with Crippen molar-refractivity contribution in [3.8, 4) is 5.75 Å². The fourth-order valence-electron chi connectivity index (χ4n) is 2.74. The van der Waals surface area contributed by atoms with Crippen molar-refractivity contribution in [2.75, 3.05) is 12.4 Å². The van der Waals surface area contributed by atoms with Gasteiger partial charge < -0.3 is 10.1 Å². The normalized spacial score (nSPS) is 15.1. The molecule has 23 heavy (non-hydrogen) atoms. The lowest BCUT2D eigenvalue weighted by Gasteiger charge is -2.19. The zero-order chi connectivity index (χ0) is 16.4. The minimum Gasteiger partial charge on any atom is -0.497 e. The number of nitrogens with zero attached hydrogens (tertiary/aromatic N) is 2. The zero-order valence-corrected chi connectivity index (χ0v) is 13.7. The van der Waals surface area contributed by atoms with E-state index in [0.717, 1.165) is 29.8 Å². The summed E-state index contributed by atoms with van der Waals surface area (Å²) < 4.78 is 6.85. The molecule has 1 aliphatic carbocycles. The van der Waals surface area contributed by atoms with Gasteiger partial charge in [-0.2, -0.15) is 5.10 Å². The summed E-state index contributed by atoms with van der Waals surface area (Å²) >= 11 is 0. The molecule has 1 aliphatic rings. The summed E-state index contributed by atoms with van der Waals surface area (Å²) in [6, 6.07) is 9.53. The maximum Gasteiger partial charge on any atom is 0.320 e. The predicted octanol–water partition coefficient (Wildman–Crippen LogP) is 3.01. The van der Waals surface area contributed by atoms with Crippen LogP contribution in [0.5, 0.6) is 5.75 Å². The van der Waals surface area contributed by atoms with Crippen molar-refractivity contribution < 1.29 is 9.53 Å². The van der Waals surface area contributed by atoms with Crippen molar-refractivity contribution in [1.82, 2.24) is 15.1 Å². The largest absolute Gasteiger partial charge is 0.497 e. The number of aromatic nitrogens is 2. The van der Waals surface area contributed by atoms with Crippen LogP contribution in [-0.4, -0.2) is 22.9 Å². The number of hydrogen-bond donors (Lipinski definition) is 2. The Balaban J connectivity index is 1.69. The number of benzene rings is 1. The molecular weight excluding hydrogens is 292 g/mol. The van der Waals surface area contributed by atoms with Crippen LogP contribution in [0.1, 0.15) is 30.1 Å². The topological polar surface area (TPSA) is 68.2 Å². The Hall–Kier alpha value is -2.50. The molecule has 1 heterocycles. The molecule has 6 nitrogen and oxygen atoms in total. The first-order valence-corrected chi connectivity index (χ1v) is 7.79. The van der Waals surface area contributed by atoms with E-state index < -0.39 is 0 Å². The van der Waals surface area contributed by atoms with Crippen LogP contribution in [0.2, 0.25) is 0 Å². The third-order valence-electron chi connectivity index (χ3n) is 4.10. The molecule has 0 spiro atoms. The van der Waals surface area contributed by atoms with Crippen LogP contribution in [0.15, 0.2) is 30.3 Å². The van der Waals surface area contributed by atoms with E-state index in [0.29, 0.717) is 11.7 Å². The van der Waals surface area contributed by atoms with Gasteiger partial charge in [-0.25, -0.2) is 4.79 Å². The van der Waals surface area contributed by atoms with E-state index in [2.05, 4.69) is 15.7 Å². The molecule has 0 unspecified atom stereocenters. The first kappa shape index (κ1) is 15.4. The second-order valence-corrected chi connectivity index (χ2v) is 5.98. The van der Waals surface area contributed by atoms with Crippen LogP contribution in [-0.2, 0) is 7.05 Å². The number of carbonyl (C=O) groups is 1. The quantitative estimate of drug-likeness (QED) is 0.891. The number of urea groups is 1.